The van der Waals surface area contributed by atoms with E-state index < -0.39 is 0 Å². The van der Waals surface area contributed by atoms with Gasteiger partial charge in [-0.3, -0.25) is 4.79 Å². The minimum Gasteiger partial charge on any atom is -0.350 e. The number of halogens is 1. The van der Waals surface area contributed by atoms with Gasteiger partial charge in [-0.05, 0) is 12.0 Å². The Balaban J connectivity index is 0.000000261. The van der Waals surface area contributed by atoms with Crippen LogP contribution in [0.2, 0.25) is 0 Å². The molecule has 0 atom stereocenters. The molecule has 0 aromatic heterocycles. The molecule has 0 aliphatic heterocycles. The van der Waals surface area contributed by atoms with E-state index in [9.17, 15) is 0 Å². The van der Waals surface area contributed by atoms with Crippen LogP contribution in [-0.2, 0) is 15.5 Å². The second-order valence-electron chi connectivity index (χ2n) is 2.02. The molecule has 12 heavy (non-hydrogen) atoms. The maximum Gasteiger partial charge on any atom is 0.312 e. The van der Waals surface area contributed by atoms with Crippen molar-refractivity contribution in [1.82, 2.24) is 0 Å². The lowest BCUT2D eigenvalue weighted by atomic mass is 10.2. The number of carbonyl (C=O) groups excluding carboxylic acids is 1. The number of aryl methyl sites for hydroxylation is 1. The quantitative estimate of drug-likeness (QED) is 0.664. The summed E-state index contributed by atoms with van der Waals surface area (Å²) in [4.78, 5) is 8.82. The molecule has 0 N–H and O–H groups in total. The number of rotatable bonds is 2. The first-order chi connectivity index (χ1) is 5.85. The molecule has 0 spiro atoms. The second kappa shape index (κ2) is 8.08. The third kappa shape index (κ3) is 5.74. The summed E-state index contributed by atoms with van der Waals surface area (Å²) in [5.74, 6) is 0. The Morgan fingerprint density at radius 1 is 1.42 bits per heavy atom. The van der Waals surface area contributed by atoms with Gasteiger partial charge in [-0.2, -0.15) is 0 Å². The Bertz CT molecular complexity index is 199. The van der Waals surface area contributed by atoms with Crippen LogP contribution in [0.5, 0.6) is 0 Å². The summed E-state index contributed by atoms with van der Waals surface area (Å²) >= 11 is 4.32. The summed E-state index contributed by atoms with van der Waals surface area (Å²) < 4.78 is 3.33. The van der Waals surface area contributed by atoms with E-state index in [1.165, 1.54) is 5.56 Å². The predicted octanol–water partition coefficient (Wildman–Crippen LogP) is 2.56. The molecule has 0 bridgehead atoms. The summed E-state index contributed by atoms with van der Waals surface area (Å²) in [6.45, 7) is 2.30. The van der Waals surface area contributed by atoms with E-state index in [-0.39, 0.29) is 6.47 Å². The van der Waals surface area contributed by atoms with Crippen molar-refractivity contribution in [3.63, 3.8) is 0 Å². The highest BCUT2D eigenvalue weighted by Gasteiger charge is 1.79. The minimum atomic E-state index is 0.140. The van der Waals surface area contributed by atoms with Crippen LogP contribution >= 0.6 is 11.9 Å². The molecule has 0 radical (unpaired) electrons. The van der Waals surface area contributed by atoms with Crippen molar-refractivity contribution in [2.24, 2.45) is 0 Å². The fraction of sp³-hybridized carbons (Fsp3) is 0.222. The number of benzene rings is 1. The van der Waals surface area contributed by atoms with Crippen LogP contribution in [0.25, 0.3) is 0 Å². The zero-order valence-corrected chi connectivity index (χ0v) is 7.62. The van der Waals surface area contributed by atoms with Crippen LogP contribution < -0.4 is 0 Å². The van der Waals surface area contributed by atoms with Crippen molar-refractivity contribution in [3.05, 3.63) is 35.9 Å². The molecule has 0 fully saturated rings. The molecule has 1 aromatic rings. The van der Waals surface area contributed by atoms with Crippen molar-refractivity contribution in [1.29, 1.82) is 0 Å². The Morgan fingerprint density at radius 2 is 1.92 bits per heavy atom. The Morgan fingerprint density at radius 3 is 2.17 bits per heavy atom. The summed E-state index contributed by atoms with van der Waals surface area (Å²) in [5, 5.41) is 0. The van der Waals surface area contributed by atoms with E-state index in [0.717, 1.165) is 6.42 Å². The van der Waals surface area contributed by atoms with Gasteiger partial charge in [0.05, 0.1) is 0 Å². The van der Waals surface area contributed by atoms with E-state index in [1.54, 1.807) is 0 Å². The van der Waals surface area contributed by atoms with Gasteiger partial charge >= 0.3 is 6.47 Å². The van der Waals surface area contributed by atoms with Crippen LogP contribution in [0.15, 0.2) is 30.3 Å². The summed E-state index contributed by atoms with van der Waals surface area (Å²) in [7, 11) is 0. The highest BCUT2D eigenvalue weighted by molar-refractivity contribution is 6.10. The van der Waals surface area contributed by atoms with Crippen LogP contribution in [0.1, 0.15) is 12.5 Å². The topological polar surface area (TPSA) is 26.3 Å². The van der Waals surface area contributed by atoms with Gasteiger partial charge < -0.3 is 4.29 Å². The van der Waals surface area contributed by atoms with Gasteiger partial charge in [0.2, 0.25) is 0 Å². The van der Waals surface area contributed by atoms with Crippen LogP contribution in [0, 0.1) is 0 Å². The molecule has 1 aromatic carbocycles. The lowest BCUT2D eigenvalue weighted by molar-refractivity contribution is -0.120. The van der Waals surface area contributed by atoms with Crippen LogP contribution in [0.3, 0.4) is 0 Å². The molecule has 0 aliphatic rings. The largest absolute Gasteiger partial charge is 0.350 e. The Hall–Kier alpha value is -1.02. The lowest BCUT2D eigenvalue weighted by Crippen LogP contribution is -1.73. The summed E-state index contributed by atoms with van der Waals surface area (Å²) in [6.07, 6.45) is 1.14. The van der Waals surface area contributed by atoms with E-state index in [0.29, 0.717) is 0 Å². The number of carbonyl (C=O) groups is 1. The number of hydrogen-bond donors (Lipinski definition) is 0. The summed E-state index contributed by atoms with van der Waals surface area (Å²) in [6, 6.07) is 10.5. The first-order valence-electron chi connectivity index (χ1n) is 3.60. The monoisotopic (exact) mass is 186 g/mol. The highest BCUT2D eigenvalue weighted by atomic mass is 35.5. The Labute approximate surface area is 77.3 Å². The van der Waals surface area contributed by atoms with Gasteiger partial charge in [0, 0.05) is 0 Å². The van der Waals surface area contributed by atoms with Crippen molar-refractivity contribution >= 4 is 18.3 Å². The molecule has 0 amide bonds. The standard InChI is InChI=1S/C8H10.CHClO2/c1-2-8-6-4-3-5-7-8;2-4-1-3/h3-7H,2H2,1H3;1H. The molecule has 0 saturated carbocycles. The fourth-order valence-corrected chi connectivity index (χ4v) is 0.714. The van der Waals surface area contributed by atoms with Gasteiger partial charge in [0.1, 0.15) is 11.9 Å². The van der Waals surface area contributed by atoms with E-state index >= 15 is 0 Å². The molecular weight excluding hydrogens is 176 g/mol. The molecule has 66 valence electrons. The maximum absolute atomic E-state index is 8.82. The van der Waals surface area contributed by atoms with Crippen LogP contribution in [0.4, 0.5) is 0 Å². The molecule has 1 rings (SSSR count). The molecule has 3 heteroatoms. The highest BCUT2D eigenvalue weighted by Crippen LogP contribution is 1.96. The predicted molar refractivity (Wildman–Crippen MR) is 48.8 cm³/mol. The number of hydrogen-bond acceptors (Lipinski definition) is 2. The third-order valence-corrected chi connectivity index (χ3v) is 1.36. The molecule has 0 saturated heterocycles. The average molecular weight is 187 g/mol. The van der Waals surface area contributed by atoms with Crippen LogP contribution in [-0.4, -0.2) is 6.47 Å². The maximum atomic E-state index is 8.82. The zero-order valence-electron chi connectivity index (χ0n) is 6.87. The average Bonchev–Trinajstić information content (AvgIpc) is 2.19. The second-order valence-corrected chi connectivity index (χ2v) is 2.20. The Kier molecular flexibility index (Phi) is 7.39. The van der Waals surface area contributed by atoms with Crippen molar-refractivity contribution in [2.75, 3.05) is 0 Å². The first-order valence-corrected chi connectivity index (χ1v) is 3.91. The molecule has 0 unspecified atom stereocenters. The van der Waals surface area contributed by atoms with Gasteiger partial charge in [-0.25, -0.2) is 0 Å². The van der Waals surface area contributed by atoms with Gasteiger partial charge in [0.25, 0.3) is 0 Å². The zero-order chi connectivity index (χ0) is 9.23. The summed E-state index contributed by atoms with van der Waals surface area (Å²) in [5.41, 5.74) is 1.41. The minimum absolute atomic E-state index is 0.140. The van der Waals surface area contributed by atoms with Crippen molar-refractivity contribution in [2.45, 2.75) is 13.3 Å². The lowest BCUT2D eigenvalue weighted by Gasteiger charge is -1.89. The smallest absolute Gasteiger partial charge is 0.312 e. The molecular formula is C9H11ClO2. The van der Waals surface area contributed by atoms with Crippen molar-refractivity contribution in [3.8, 4) is 0 Å². The van der Waals surface area contributed by atoms with E-state index in [2.05, 4.69) is 47.3 Å². The fourth-order valence-electron chi connectivity index (χ4n) is 0.714. The molecule has 2 nitrogen and oxygen atoms in total. The van der Waals surface area contributed by atoms with Crippen molar-refractivity contribution < 1.29 is 9.08 Å². The van der Waals surface area contributed by atoms with Gasteiger partial charge in [0.15, 0.2) is 0 Å². The normalized spacial score (nSPS) is 7.83. The molecule has 0 aliphatic carbocycles. The van der Waals surface area contributed by atoms with Gasteiger partial charge in [-0.15, -0.1) is 0 Å². The first kappa shape index (κ1) is 11.0. The van der Waals surface area contributed by atoms with E-state index in [4.69, 9.17) is 4.79 Å². The molecule has 0 heterocycles. The SMILES string of the molecule is CCc1ccccc1.O=COCl. The van der Waals surface area contributed by atoms with Gasteiger partial charge in [-0.1, -0.05) is 37.3 Å². The van der Waals surface area contributed by atoms with E-state index in [1.807, 2.05) is 6.07 Å². The third-order valence-electron chi connectivity index (χ3n) is 1.29.